The molecule has 1 fully saturated rings. The van der Waals surface area contributed by atoms with E-state index in [0.29, 0.717) is 12.8 Å². The van der Waals surface area contributed by atoms with Gasteiger partial charge in [0, 0.05) is 30.5 Å². The number of hydrogen-bond acceptors (Lipinski definition) is 4. The number of nitrogens with zero attached hydrogens (tertiary/aromatic N) is 2. The number of thiazole rings is 1. The molecule has 0 aromatic carbocycles. The first-order valence-electron chi connectivity index (χ1n) is 7.48. The summed E-state index contributed by atoms with van der Waals surface area (Å²) >= 11 is 1.67. The van der Waals surface area contributed by atoms with Crippen LogP contribution in [0.1, 0.15) is 48.2 Å². The molecule has 2 aromatic heterocycles. The Balaban J connectivity index is 1.67. The van der Waals surface area contributed by atoms with Crippen molar-refractivity contribution in [2.75, 3.05) is 6.54 Å². The number of aryl methyl sites for hydroxylation is 2. The molecule has 1 unspecified atom stereocenters. The van der Waals surface area contributed by atoms with Crippen LogP contribution in [0.25, 0.3) is 0 Å². The number of aromatic nitrogens is 1. The van der Waals surface area contributed by atoms with Crippen LogP contribution in [0.5, 0.6) is 0 Å². The van der Waals surface area contributed by atoms with E-state index in [4.69, 9.17) is 4.42 Å². The van der Waals surface area contributed by atoms with Crippen LogP contribution in [0.3, 0.4) is 0 Å². The molecule has 3 heterocycles. The molecule has 1 amide bonds. The third-order valence-electron chi connectivity index (χ3n) is 3.91. The van der Waals surface area contributed by atoms with Gasteiger partial charge in [-0.25, -0.2) is 4.98 Å². The zero-order valence-corrected chi connectivity index (χ0v) is 13.1. The Morgan fingerprint density at radius 2 is 2.43 bits per heavy atom. The number of rotatable bonds is 4. The van der Waals surface area contributed by atoms with Crippen molar-refractivity contribution in [2.45, 2.75) is 45.1 Å². The predicted octanol–water partition coefficient (Wildman–Crippen LogP) is 3.73. The molecule has 1 saturated heterocycles. The van der Waals surface area contributed by atoms with E-state index in [0.717, 1.165) is 35.8 Å². The van der Waals surface area contributed by atoms with E-state index in [-0.39, 0.29) is 11.9 Å². The number of carbonyl (C=O) groups is 1. The molecule has 1 aliphatic rings. The molecular formula is C16H20N2O2S. The molecule has 0 aliphatic carbocycles. The molecule has 0 radical (unpaired) electrons. The third kappa shape index (κ3) is 3.35. The minimum atomic E-state index is 0.168. The smallest absolute Gasteiger partial charge is 0.223 e. The van der Waals surface area contributed by atoms with Crippen molar-refractivity contribution < 1.29 is 9.21 Å². The van der Waals surface area contributed by atoms with Gasteiger partial charge in [0.25, 0.3) is 0 Å². The summed E-state index contributed by atoms with van der Waals surface area (Å²) in [4.78, 5) is 19.1. The lowest BCUT2D eigenvalue weighted by molar-refractivity contribution is -0.135. The standard InChI is InChI=1S/C16H20N2O2S/c1-12-11-21-16(17-12)14-6-2-3-9-18(14)15(19)8-7-13-5-4-10-20-13/h4-5,10-11,14H,2-3,6-9H2,1H3. The molecule has 112 valence electrons. The van der Waals surface area contributed by atoms with E-state index in [2.05, 4.69) is 10.4 Å². The lowest BCUT2D eigenvalue weighted by Crippen LogP contribution is -2.38. The van der Waals surface area contributed by atoms with E-state index in [1.54, 1.807) is 17.6 Å². The Morgan fingerprint density at radius 1 is 1.52 bits per heavy atom. The summed E-state index contributed by atoms with van der Waals surface area (Å²) < 4.78 is 5.31. The molecule has 5 heteroatoms. The fourth-order valence-electron chi connectivity index (χ4n) is 2.84. The maximum atomic E-state index is 12.5. The van der Waals surface area contributed by atoms with Gasteiger partial charge in [0.05, 0.1) is 12.3 Å². The van der Waals surface area contributed by atoms with Gasteiger partial charge in [-0.1, -0.05) is 0 Å². The zero-order chi connectivity index (χ0) is 14.7. The maximum absolute atomic E-state index is 12.5. The highest BCUT2D eigenvalue weighted by molar-refractivity contribution is 7.09. The number of carbonyl (C=O) groups excluding carboxylic acids is 1. The van der Waals surface area contributed by atoms with E-state index in [1.807, 2.05) is 24.0 Å². The largest absolute Gasteiger partial charge is 0.469 e. The van der Waals surface area contributed by atoms with Crippen LogP contribution in [0.15, 0.2) is 28.2 Å². The normalized spacial score (nSPS) is 18.9. The van der Waals surface area contributed by atoms with Crippen molar-refractivity contribution in [3.63, 3.8) is 0 Å². The van der Waals surface area contributed by atoms with Gasteiger partial charge in [0.15, 0.2) is 0 Å². The molecule has 0 saturated carbocycles. The highest BCUT2D eigenvalue weighted by Crippen LogP contribution is 2.33. The van der Waals surface area contributed by atoms with Crippen LogP contribution in [0.4, 0.5) is 0 Å². The van der Waals surface area contributed by atoms with Gasteiger partial charge < -0.3 is 9.32 Å². The molecule has 0 spiro atoms. The number of likely N-dealkylation sites (tertiary alicyclic amines) is 1. The van der Waals surface area contributed by atoms with Crippen molar-refractivity contribution in [3.05, 3.63) is 40.2 Å². The Kier molecular flexibility index (Phi) is 4.39. The quantitative estimate of drug-likeness (QED) is 0.864. The van der Waals surface area contributed by atoms with E-state index < -0.39 is 0 Å². The fourth-order valence-corrected chi connectivity index (χ4v) is 3.78. The summed E-state index contributed by atoms with van der Waals surface area (Å²) in [7, 11) is 0. The zero-order valence-electron chi connectivity index (χ0n) is 12.2. The summed E-state index contributed by atoms with van der Waals surface area (Å²) in [5.41, 5.74) is 1.04. The minimum Gasteiger partial charge on any atom is -0.469 e. The van der Waals surface area contributed by atoms with E-state index in [1.165, 1.54) is 6.42 Å². The average molecular weight is 304 g/mol. The fraction of sp³-hybridized carbons (Fsp3) is 0.500. The predicted molar refractivity (Wildman–Crippen MR) is 82.2 cm³/mol. The highest BCUT2D eigenvalue weighted by Gasteiger charge is 2.29. The maximum Gasteiger partial charge on any atom is 0.223 e. The van der Waals surface area contributed by atoms with Gasteiger partial charge in [0.1, 0.15) is 10.8 Å². The molecule has 1 aliphatic heterocycles. The first kappa shape index (κ1) is 14.3. The van der Waals surface area contributed by atoms with Gasteiger partial charge in [-0.15, -0.1) is 11.3 Å². The third-order valence-corrected chi connectivity index (χ3v) is 4.97. The van der Waals surface area contributed by atoms with Crippen molar-refractivity contribution in [3.8, 4) is 0 Å². The highest BCUT2D eigenvalue weighted by atomic mass is 32.1. The van der Waals surface area contributed by atoms with Gasteiger partial charge in [0.2, 0.25) is 5.91 Å². The second-order valence-electron chi connectivity index (χ2n) is 5.51. The molecule has 21 heavy (non-hydrogen) atoms. The summed E-state index contributed by atoms with van der Waals surface area (Å²) in [5, 5.41) is 3.15. The topological polar surface area (TPSA) is 46.3 Å². The van der Waals surface area contributed by atoms with Gasteiger partial charge in [-0.3, -0.25) is 4.79 Å². The Bertz CT molecular complexity index is 591. The van der Waals surface area contributed by atoms with Crippen molar-refractivity contribution in [2.24, 2.45) is 0 Å². The van der Waals surface area contributed by atoms with Gasteiger partial charge >= 0.3 is 0 Å². The van der Waals surface area contributed by atoms with Crippen LogP contribution in [-0.4, -0.2) is 22.3 Å². The summed E-state index contributed by atoms with van der Waals surface area (Å²) in [6, 6.07) is 3.95. The van der Waals surface area contributed by atoms with Crippen LogP contribution in [0.2, 0.25) is 0 Å². The van der Waals surface area contributed by atoms with E-state index >= 15 is 0 Å². The lowest BCUT2D eigenvalue weighted by Gasteiger charge is -2.34. The average Bonchev–Trinajstić information content (AvgIpc) is 3.16. The Hall–Kier alpha value is -1.62. The van der Waals surface area contributed by atoms with Crippen LogP contribution in [0, 0.1) is 6.92 Å². The summed E-state index contributed by atoms with van der Waals surface area (Å²) in [6.45, 7) is 2.85. The van der Waals surface area contributed by atoms with Crippen molar-refractivity contribution >= 4 is 17.2 Å². The van der Waals surface area contributed by atoms with Crippen molar-refractivity contribution in [1.29, 1.82) is 0 Å². The van der Waals surface area contributed by atoms with E-state index in [9.17, 15) is 4.79 Å². The second-order valence-corrected chi connectivity index (χ2v) is 6.39. The first-order chi connectivity index (χ1) is 10.2. The molecular weight excluding hydrogens is 284 g/mol. The molecule has 0 N–H and O–H groups in total. The SMILES string of the molecule is Cc1csc(C2CCCCN2C(=O)CCc2ccco2)n1. The van der Waals surface area contributed by atoms with Crippen LogP contribution >= 0.6 is 11.3 Å². The number of furan rings is 1. The Morgan fingerprint density at radius 3 is 3.14 bits per heavy atom. The van der Waals surface area contributed by atoms with Gasteiger partial charge in [-0.05, 0) is 38.3 Å². The monoisotopic (exact) mass is 304 g/mol. The molecule has 3 rings (SSSR count). The van der Waals surface area contributed by atoms with Crippen LogP contribution in [-0.2, 0) is 11.2 Å². The molecule has 1 atom stereocenters. The first-order valence-corrected chi connectivity index (χ1v) is 8.36. The number of amides is 1. The van der Waals surface area contributed by atoms with Crippen LogP contribution < -0.4 is 0 Å². The number of hydrogen-bond donors (Lipinski definition) is 0. The summed E-state index contributed by atoms with van der Waals surface area (Å²) in [5.74, 6) is 1.09. The second kappa shape index (κ2) is 6.43. The Labute approximate surface area is 128 Å². The summed E-state index contributed by atoms with van der Waals surface area (Å²) in [6.07, 6.45) is 6.13. The lowest BCUT2D eigenvalue weighted by atomic mass is 10.0. The van der Waals surface area contributed by atoms with Crippen molar-refractivity contribution in [1.82, 2.24) is 9.88 Å². The number of piperidine rings is 1. The molecule has 0 bridgehead atoms. The molecule has 2 aromatic rings. The minimum absolute atomic E-state index is 0.168. The van der Waals surface area contributed by atoms with Gasteiger partial charge in [-0.2, -0.15) is 0 Å². The molecule has 4 nitrogen and oxygen atoms in total.